The summed E-state index contributed by atoms with van der Waals surface area (Å²) in [7, 11) is 1.65. The molecular weight excluding hydrogens is 226 g/mol. The second-order valence-corrected chi connectivity index (χ2v) is 4.16. The lowest BCUT2D eigenvalue weighted by atomic mass is 10.2. The summed E-state index contributed by atoms with van der Waals surface area (Å²) in [4.78, 5) is 4.24. The smallest absolute Gasteiger partial charge is 0.213 e. The Morgan fingerprint density at radius 1 is 1.39 bits per heavy atom. The summed E-state index contributed by atoms with van der Waals surface area (Å²) in [6.07, 6.45) is 0. The minimum atomic E-state index is 0.452. The third kappa shape index (κ3) is 2.21. The molecule has 0 aliphatic carbocycles. The van der Waals surface area contributed by atoms with Gasteiger partial charge in [-0.15, -0.1) is 0 Å². The molecule has 0 saturated heterocycles. The van der Waals surface area contributed by atoms with E-state index in [0.717, 1.165) is 22.7 Å². The van der Waals surface area contributed by atoms with E-state index in [2.05, 4.69) is 11.1 Å². The van der Waals surface area contributed by atoms with Crippen molar-refractivity contribution < 1.29 is 4.74 Å². The van der Waals surface area contributed by atoms with Crippen LogP contribution in [0.3, 0.4) is 0 Å². The number of rotatable bonds is 3. The SMILES string of the molecule is COc1cccc(Cn2c(C#N)nc(C)c2C)c1. The van der Waals surface area contributed by atoms with Gasteiger partial charge in [0.05, 0.1) is 19.3 Å². The fraction of sp³-hybridized carbons (Fsp3) is 0.286. The van der Waals surface area contributed by atoms with Crippen LogP contribution in [0.15, 0.2) is 24.3 Å². The van der Waals surface area contributed by atoms with Crippen LogP contribution in [0.25, 0.3) is 0 Å². The molecule has 1 aromatic heterocycles. The van der Waals surface area contributed by atoms with Crippen molar-refractivity contribution in [3.8, 4) is 11.8 Å². The van der Waals surface area contributed by atoms with Gasteiger partial charge in [-0.05, 0) is 31.5 Å². The van der Waals surface area contributed by atoms with Crippen LogP contribution in [0.4, 0.5) is 0 Å². The average molecular weight is 241 g/mol. The van der Waals surface area contributed by atoms with E-state index in [4.69, 9.17) is 10.00 Å². The van der Waals surface area contributed by atoms with E-state index in [1.807, 2.05) is 42.7 Å². The second-order valence-electron chi connectivity index (χ2n) is 4.16. The number of methoxy groups -OCH3 is 1. The number of hydrogen-bond donors (Lipinski definition) is 0. The van der Waals surface area contributed by atoms with E-state index < -0.39 is 0 Å². The zero-order valence-corrected chi connectivity index (χ0v) is 10.8. The van der Waals surface area contributed by atoms with Gasteiger partial charge in [-0.2, -0.15) is 5.26 Å². The number of benzene rings is 1. The molecule has 0 radical (unpaired) electrons. The standard InChI is InChI=1S/C14H15N3O/c1-10-11(2)17(14(8-15)16-10)9-12-5-4-6-13(7-12)18-3/h4-7H,9H2,1-3H3. The highest BCUT2D eigenvalue weighted by Crippen LogP contribution is 2.16. The first kappa shape index (κ1) is 12.2. The fourth-order valence-corrected chi connectivity index (χ4v) is 1.89. The van der Waals surface area contributed by atoms with Crippen LogP contribution in [0, 0.1) is 25.2 Å². The van der Waals surface area contributed by atoms with E-state index >= 15 is 0 Å². The lowest BCUT2D eigenvalue weighted by Gasteiger charge is -2.08. The predicted molar refractivity (Wildman–Crippen MR) is 68.5 cm³/mol. The summed E-state index contributed by atoms with van der Waals surface area (Å²) in [5, 5.41) is 9.08. The quantitative estimate of drug-likeness (QED) is 0.829. The zero-order chi connectivity index (χ0) is 13.1. The number of nitrogens with zero attached hydrogens (tertiary/aromatic N) is 3. The summed E-state index contributed by atoms with van der Waals surface area (Å²) in [6.45, 7) is 4.52. The number of ether oxygens (including phenoxy) is 1. The lowest BCUT2D eigenvalue weighted by molar-refractivity contribution is 0.414. The summed E-state index contributed by atoms with van der Waals surface area (Å²) < 4.78 is 7.12. The maximum absolute atomic E-state index is 9.08. The molecule has 0 saturated carbocycles. The minimum Gasteiger partial charge on any atom is -0.497 e. The van der Waals surface area contributed by atoms with Crippen molar-refractivity contribution >= 4 is 0 Å². The molecule has 1 aromatic carbocycles. The van der Waals surface area contributed by atoms with Crippen LogP contribution < -0.4 is 4.74 Å². The summed E-state index contributed by atoms with van der Waals surface area (Å²) in [5.41, 5.74) is 3.01. The highest BCUT2D eigenvalue weighted by Gasteiger charge is 2.10. The number of aromatic nitrogens is 2. The Bertz CT molecular complexity index is 608. The molecule has 0 aliphatic rings. The topological polar surface area (TPSA) is 50.8 Å². The van der Waals surface area contributed by atoms with Gasteiger partial charge in [0.1, 0.15) is 11.8 Å². The molecule has 0 spiro atoms. The van der Waals surface area contributed by atoms with Gasteiger partial charge < -0.3 is 9.30 Å². The maximum atomic E-state index is 9.08. The Labute approximate surface area is 106 Å². The first-order valence-corrected chi connectivity index (χ1v) is 5.72. The first-order valence-electron chi connectivity index (χ1n) is 5.72. The molecule has 2 rings (SSSR count). The molecule has 0 amide bonds. The number of hydrogen-bond acceptors (Lipinski definition) is 3. The van der Waals surface area contributed by atoms with Crippen molar-refractivity contribution in [3.63, 3.8) is 0 Å². The van der Waals surface area contributed by atoms with E-state index in [1.54, 1.807) is 7.11 Å². The molecule has 4 nitrogen and oxygen atoms in total. The normalized spacial score (nSPS) is 10.1. The molecule has 0 fully saturated rings. The number of aryl methyl sites for hydroxylation is 1. The van der Waals surface area contributed by atoms with Gasteiger partial charge in [-0.1, -0.05) is 12.1 Å². The van der Waals surface area contributed by atoms with E-state index in [9.17, 15) is 0 Å². The van der Waals surface area contributed by atoms with Gasteiger partial charge in [0.15, 0.2) is 0 Å². The van der Waals surface area contributed by atoms with Crippen LogP contribution >= 0.6 is 0 Å². The third-order valence-corrected chi connectivity index (χ3v) is 3.03. The van der Waals surface area contributed by atoms with Gasteiger partial charge in [-0.25, -0.2) is 4.98 Å². The number of imidazole rings is 1. The highest BCUT2D eigenvalue weighted by molar-refractivity contribution is 5.30. The van der Waals surface area contributed by atoms with Crippen LogP contribution in [-0.4, -0.2) is 16.7 Å². The molecule has 1 heterocycles. The zero-order valence-electron chi connectivity index (χ0n) is 10.8. The Kier molecular flexibility index (Phi) is 3.33. The Hall–Kier alpha value is -2.28. The van der Waals surface area contributed by atoms with Crippen LogP contribution in [0.5, 0.6) is 5.75 Å². The fourth-order valence-electron chi connectivity index (χ4n) is 1.89. The molecule has 2 aromatic rings. The lowest BCUT2D eigenvalue weighted by Crippen LogP contribution is -2.05. The van der Waals surface area contributed by atoms with Crippen molar-refractivity contribution in [1.82, 2.24) is 9.55 Å². The van der Waals surface area contributed by atoms with Crippen LogP contribution in [0.1, 0.15) is 22.8 Å². The van der Waals surface area contributed by atoms with E-state index in [-0.39, 0.29) is 0 Å². The van der Waals surface area contributed by atoms with Gasteiger partial charge in [-0.3, -0.25) is 0 Å². The maximum Gasteiger partial charge on any atom is 0.213 e. The van der Waals surface area contributed by atoms with Gasteiger partial charge >= 0.3 is 0 Å². The molecule has 18 heavy (non-hydrogen) atoms. The average Bonchev–Trinajstić information content (AvgIpc) is 2.67. The summed E-state index contributed by atoms with van der Waals surface area (Å²) >= 11 is 0. The van der Waals surface area contributed by atoms with Gasteiger partial charge in [0.25, 0.3) is 0 Å². The van der Waals surface area contributed by atoms with Crippen molar-refractivity contribution in [1.29, 1.82) is 5.26 Å². The van der Waals surface area contributed by atoms with Gasteiger partial charge in [0, 0.05) is 5.69 Å². The summed E-state index contributed by atoms with van der Waals surface area (Å²) in [5.74, 6) is 1.27. The van der Waals surface area contributed by atoms with Gasteiger partial charge in [0.2, 0.25) is 5.82 Å². The first-order chi connectivity index (χ1) is 8.65. The molecule has 0 unspecified atom stereocenters. The van der Waals surface area contributed by atoms with Crippen LogP contribution in [-0.2, 0) is 6.54 Å². The predicted octanol–water partition coefficient (Wildman–Crippen LogP) is 2.43. The van der Waals surface area contributed by atoms with Crippen molar-refractivity contribution in [2.24, 2.45) is 0 Å². The molecule has 0 atom stereocenters. The van der Waals surface area contributed by atoms with Crippen LogP contribution in [0.2, 0.25) is 0 Å². The molecular formula is C14H15N3O. The molecule has 0 aliphatic heterocycles. The van der Waals surface area contributed by atoms with E-state index in [1.165, 1.54) is 0 Å². The molecule has 92 valence electrons. The minimum absolute atomic E-state index is 0.452. The van der Waals surface area contributed by atoms with Crippen molar-refractivity contribution in [2.45, 2.75) is 20.4 Å². The number of nitriles is 1. The van der Waals surface area contributed by atoms with Crippen molar-refractivity contribution in [3.05, 3.63) is 47.0 Å². The molecule has 4 heteroatoms. The monoisotopic (exact) mass is 241 g/mol. The summed E-state index contributed by atoms with van der Waals surface area (Å²) in [6, 6.07) is 9.95. The second kappa shape index (κ2) is 4.92. The molecule has 0 N–H and O–H groups in total. The highest BCUT2D eigenvalue weighted by atomic mass is 16.5. The van der Waals surface area contributed by atoms with Crippen molar-refractivity contribution in [2.75, 3.05) is 7.11 Å². The van der Waals surface area contributed by atoms with E-state index in [0.29, 0.717) is 12.4 Å². The largest absolute Gasteiger partial charge is 0.497 e. The molecule has 0 bridgehead atoms. The Morgan fingerprint density at radius 3 is 2.83 bits per heavy atom. The Morgan fingerprint density at radius 2 is 2.17 bits per heavy atom. The Balaban J connectivity index is 2.37. The third-order valence-electron chi connectivity index (χ3n) is 3.03.